The molecule has 1 aromatic rings. The molecular weight excluding hydrogens is 200 g/mol. The van der Waals surface area contributed by atoms with E-state index >= 15 is 0 Å². The average molecular weight is 216 g/mol. The molecule has 2 heteroatoms. The predicted octanol–water partition coefficient (Wildman–Crippen LogP) is 3.21. The van der Waals surface area contributed by atoms with Gasteiger partial charge in [0.15, 0.2) is 5.78 Å². The molecule has 0 spiro atoms. The van der Waals surface area contributed by atoms with Gasteiger partial charge in [-0.3, -0.25) is 4.79 Å². The van der Waals surface area contributed by atoms with Crippen molar-refractivity contribution in [2.24, 2.45) is 5.92 Å². The zero-order valence-electron chi connectivity index (χ0n) is 9.53. The van der Waals surface area contributed by atoms with Gasteiger partial charge < -0.3 is 4.74 Å². The predicted molar refractivity (Wildman–Crippen MR) is 61.8 cm³/mol. The molecule has 2 aliphatic rings. The topological polar surface area (TPSA) is 26.3 Å². The maximum atomic E-state index is 12.1. The molecule has 2 nitrogen and oxygen atoms in total. The standard InChI is InChI=1S/C14H16O2/c1-2-14(10-7-8-10)9-12(15)11-5-3-4-6-13(11)16-14/h3-6,10H,2,7-9H2,1H3. The number of hydrogen-bond acceptors (Lipinski definition) is 2. The molecule has 1 fully saturated rings. The second-order valence-corrected chi connectivity index (χ2v) is 4.89. The Morgan fingerprint density at radius 3 is 2.81 bits per heavy atom. The van der Waals surface area contributed by atoms with Gasteiger partial charge in [0.25, 0.3) is 0 Å². The van der Waals surface area contributed by atoms with E-state index in [2.05, 4.69) is 6.92 Å². The van der Waals surface area contributed by atoms with Gasteiger partial charge in [0.05, 0.1) is 12.0 Å². The first kappa shape index (κ1) is 9.88. The first-order chi connectivity index (χ1) is 7.75. The minimum Gasteiger partial charge on any atom is -0.486 e. The lowest BCUT2D eigenvalue weighted by Gasteiger charge is -2.37. The van der Waals surface area contributed by atoms with Crippen molar-refractivity contribution in [1.29, 1.82) is 0 Å². The van der Waals surface area contributed by atoms with Crippen molar-refractivity contribution in [1.82, 2.24) is 0 Å². The second-order valence-electron chi connectivity index (χ2n) is 4.89. The highest BCUT2D eigenvalue weighted by Gasteiger charge is 2.49. The lowest BCUT2D eigenvalue weighted by atomic mass is 9.84. The molecule has 1 saturated carbocycles. The molecule has 1 aliphatic carbocycles. The fraction of sp³-hybridized carbons (Fsp3) is 0.500. The fourth-order valence-electron chi connectivity index (χ4n) is 2.73. The summed E-state index contributed by atoms with van der Waals surface area (Å²) in [6, 6.07) is 7.62. The zero-order valence-corrected chi connectivity index (χ0v) is 9.53. The van der Waals surface area contributed by atoms with E-state index in [1.165, 1.54) is 12.8 Å². The van der Waals surface area contributed by atoms with E-state index in [4.69, 9.17) is 4.74 Å². The van der Waals surface area contributed by atoms with Crippen molar-refractivity contribution in [3.8, 4) is 5.75 Å². The van der Waals surface area contributed by atoms with Crippen LogP contribution in [0.3, 0.4) is 0 Å². The maximum absolute atomic E-state index is 12.1. The number of ether oxygens (including phenoxy) is 1. The number of carbonyl (C=O) groups is 1. The van der Waals surface area contributed by atoms with Crippen LogP contribution in [-0.2, 0) is 0 Å². The number of Topliss-reactive ketones (excluding diaryl/α,β-unsaturated/α-hetero) is 1. The van der Waals surface area contributed by atoms with E-state index in [9.17, 15) is 4.79 Å². The molecule has 1 unspecified atom stereocenters. The lowest BCUT2D eigenvalue weighted by molar-refractivity contribution is 0.0213. The van der Waals surface area contributed by atoms with Gasteiger partial charge in [0, 0.05) is 0 Å². The van der Waals surface area contributed by atoms with Crippen LogP contribution in [0.5, 0.6) is 5.75 Å². The average Bonchev–Trinajstić information content (AvgIpc) is 3.13. The summed E-state index contributed by atoms with van der Waals surface area (Å²) < 4.78 is 6.14. The molecule has 84 valence electrons. The highest BCUT2D eigenvalue weighted by atomic mass is 16.5. The van der Waals surface area contributed by atoms with Crippen LogP contribution in [0.4, 0.5) is 0 Å². The van der Waals surface area contributed by atoms with E-state index in [0.29, 0.717) is 12.3 Å². The lowest BCUT2D eigenvalue weighted by Crippen LogP contribution is -2.43. The molecule has 1 aliphatic heterocycles. The first-order valence-electron chi connectivity index (χ1n) is 6.06. The van der Waals surface area contributed by atoms with Crippen LogP contribution in [0.1, 0.15) is 43.0 Å². The first-order valence-corrected chi connectivity index (χ1v) is 6.06. The largest absolute Gasteiger partial charge is 0.486 e. The summed E-state index contributed by atoms with van der Waals surface area (Å²) in [4.78, 5) is 12.1. The Morgan fingerprint density at radius 2 is 2.12 bits per heavy atom. The third-order valence-corrected chi connectivity index (χ3v) is 3.88. The summed E-state index contributed by atoms with van der Waals surface area (Å²) in [5.41, 5.74) is 0.554. The molecule has 1 heterocycles. The number of rotatable bonds is 2. The molecule has 16 heavy (non-hydrogen) atoms. The number of ketones is 1. The number of para-hydroxylation sites is 1. The molecule has 0 N–H and O–H groups in total. The van der Waals surface area contributed by atoms with Gasteiger partial charge >= 0.3 is 0 Å². The van der Waals surface area contributed by atoms with Gasteiger partial charge in [-0.05, 0) is 37.3 Å². The molecule has 1 atom stereocenters. The smallest absolute Gasteiger partial charge is 0.170 e. The molecule has 3 rings (SSSR count). The van der Waals surface area contributed by atoms with Crippen LogP contribution in [0, 0.1) is 5.92 Å². The van der Waals surface area contributed by atoms with Gasteiger partial charge in [-0.15, -0.1) is 0 Å². The Balaban J connectivity index is 2.02. The van der Waals surface area contributed by atoms with Crippen molar-refractivity contribution < 1.29 is 9.53 Å². The van der Waals surface area contributed by atoms with E-state index in [1.54, 1.807) is 0 Å². The highest BCUT2D eigenvalue weighted by molar-refractivity contribution is 6.00. The normalized spacial score (nSPS) is 28.4. The Morgan fingerprint density at radius 1 is 1.38 bits per heavy atom. The summed E-state index contributed by atoms with van der Waals surface area (Å²) in [6.45, 7) is 2.12. The van der Waals surface area contributed by atoms with Crippen LogP contribution in [-0.4, -0.2) is 11.4 Å². The molecule has 0 radical (unpaired) electrons. The van der Waals surface area contributed by atoms with Gasteiger partial charge in [0.1, 0.15) is 11.4 Å². The number of benzene rings is 1. The summed E-state index contributed by atoms with van der Waals surface area (Å²) in [5, 5.41) is 0. The molecule has 1 aromatic carbocycles. The maximum Gasteiger partial charge on any atom is 0.170 e. The molecule has 0 bridgehead atoms. The minimum absolute atomic E-state index is 0.203. The summed E-state index contributed by atoms with van der Waals surface area (Å²) in [5.74, 6) is 1.62. The number of carbonyl (C=O) groups excluding carboxylic acids is 1. The number of fused-ring (bicyclic) bond motifs is 1. The van der Waals surface area contributed by atoms with Gasteiger partial charge in [-0.2, -0.15) is 0 Å². The van der Waals surface area contributed by atoms with E-state index in [1.807, 2.05) is 24.3 Å². The Bertz CT molecular complexity index is 434. The summed E-state index contributed by atoms with van der Waals surface area (Å²) >= 11 is 0. The van der Waals surface area contributed by atoms with Crippen LogP contribution in [0.15, 0.2) is 24.3 Å². The SMILES string of the molecule is CCC1(C2CC2)CC(=O)c2ccccc2O1. The molecule has 0 saturated heterocycles. The van der Waals surface area contributed by atoms with Crippen LogP contribution < -0.4 is 4.74 Å². The Kier molecular flexibility index (Phi) is 2.06. The third kappa shape index (κ3) is 1.36. The van der Waals surface area contributed by atoms with Crippen LogP contribution in [0.2, 0.25) is 0 Å². The van der Waals surface area contributed by atoms with Crippen molar-refractivity contribution in [3.05, 3.63) is 29.8 Å². The zero-order chi connectivity index (χ0) is 11.2. The fourth-order valence-corrected chi connectivity index (χ4v) is 2.73. The van der Waals surface area contributed by atoms with Gasteiger partial charge in [0.2, 0.25) is 0 Å². The molecule has 0 amide bonds. The third-order valence-electron chi connectivity index (χ3n) is 3.88. The van der Waals surface area contributed by atoms with Crippen LogP contribution in [0.25, 0.3) is 0 Å². The molecular formula is C14H16O2. The van der Waals surface area contributed by atoms with Crippen molar-refractivity contribution >= 4 is 5.78 Å². The quantitative estimate of drug-likeness (QED) is 0.758. The summed E-state index contributed by atoms with van der Waals surface area (Å²) in [7, 11) is 0. The van der Waals surface area contributed by atoms with Crippen molar-refractivity contribution in [3.63, 3.8) is 0 Å². The monoisotopic (exact) mass is 216 g/mol. The van der Waals surface area contributed by atoms with Crippen molar-refractivity contribution in [2.75, 3.05) is 0 Å². The van der Waals surface area contributed by atoms with Gasteiger partial charge in [-0.25, -0.2) is 0 Å². The number of hydrogen-bond donors (Lipinski definition) is 0. The second kappa shape index (κ2) is 3.34. The van der Waals surface area contributed by atoms with E-state index < -0.39 is 0 Å². The van der Waals surface area contributed by atoms with E-state index in [-0.39, 0.29) is 11.4 Å². The van der Waals surface area contributed by atoms with Gasteiger partial charge in [-0.1, -0.05) is 19.1 Å². The summed E-state index contributed by atoms with van der Waals surface area (Å²) in [6.07, 6.45) is 3.91. The van der Waals surface area contributed by atoms with E-state index in [0.717, 1.165) is 17.7 Å². The van der Waals surface area contributed by atoms with Crippen LogP contribution >= 0.6 is 0 Å². The van der Waals surface area contributed by atoms with Crippen molar-refractivity contribution in [2.45, 2.75) is 38.2 Å². The Labute approximate surface area is 95.6 Å². The Hall–Kier alpha value is -1.31. The minimum atomic E-state index is -0.203. The highest BCUT2D eigenvalue weighted by Crippen LogP contribution is 2.49. The molecule has 0 aromatic heterocycles.